The lowest BCUT2D eigenvalue weighted by atomic mass is 10.1. The summed E-state index contributed by atoms with van der Waals surface area (Å²) in [7, 11) is 0. The molecule has 1 N–H and O–H groups in total. The van der Waals surface area contributed by atoms with Gasteiger partial charge < -0.3 is 10.1 Å². The van der Waals surface area contributed by atoms with Crippen LogP contribution in [0.15, 0.2) is 42.5 Å². The van der Waals surface area contributed by atoms with Gasteiger partial charge in [0.15, 0.2) is 6.61 Å². The monoisotopic (exact) mass is 356 g/mol. The Bertz CT molecular complexity index is 832. The molecule has 1 amide bonds. The van der Waals surface area contributed by atoms with Crippen molar-refractivity contribution in [2.24, 2.45) is 0 Å². The fourth-order valence-corrected chi connectivity index (χ4v) is 2.48. The van der Waals surface area contributed by atoms with Crippen LogP contribution in [0.2, 0.25) is 0 Å². The molecule has 0 saturated heterocycles. The highest BCUT2D eigenvalue weighted by Gasteiger charge is 2.15. The molecule has 2 aromatic rings. The van der Waals surface area contributed by atoms with Crippen molar-refractivity contribution in [3.63, 3.8) is 0 Å². The van der Waals surface area contributed by atoms with E-state index in [4.69, 9.17) is 4.74 Å². The number of nitro groups is 1. The maximum Gasteiger partial charge on any atom is 0.338 e. The summed E-state index contributed by atoms with van der Waals surface area (Å²) in [5, 5.41) is 13.5. The van der Waals surface area contributed by atoms with Gasteiger partial charge in [-0.2, -0.15) is 0 Å². The Morgan fingerprint density at radius 2 is 1.85 bits per heavy atom. The van der Waals surface area contributed by atoms with E-state index in [0.717, 1.165) is 11.1 Å². The molecule has 7 nitrogen and oxygen atoms in total. The molecule has 0 spiro atoms. The number of hydrogen-bond acceptors (Lipinski definition) is 5. The minimum atomic E-state index is -0.697. The van der Waals surface area contributed by atoms with E-state index in [2.05, 4.69) is 5.32 Å². The lowest BCUT2D eigenvalue weighted by Crippen LogP contribution is -2.30. The van der Waals surface area contributed by atoms with Crippen LogP contribution >= 0.6 is 0 Å². The number of nitro benzene ring substituents is 1. The average Bonchev–Trinajstić information content (AvgIpc) is 2.61. The van der Waals surface area contributed by atoms with Gasteiger partial charge in [0.05, 0.1) is 10.5 Å². The minimum absolute atomic E-state index is 0.0736. The molecule has 0 aliphatic rings. The Hall–Kier alpha value is -3.22. The first-order valence-corrected chi connectivity index (χ1v) is 8.12. The SMILES string of the molecule is Cc1ccccc1CCNC(=O)COC(=O)c1ccc([N+](=O)[O-])c(C)c1. The molecule has 0 saturated carbocycles. The number of nitrogens with zero attached hydrogens (tertiary/aromatic N) is 1. The highest BCUT2D eigenvalue weighted by Crippen LogP contribution is 2.19. The third-order valence-corrected chi connectivity index (χ3v) is 3.94. The highest BCUT2D eigenvalue weighted by atomic mass is 16.6. The Balaban J connectivity index is 1.80. The van der Waals surface area contributed by atoms with Crippen LogP contribution in [-0.4, -0.2) is 30.0 Å². The van der Waals surface area contributed by atoms with Crippen LogP contribution in [0.3, 0.4) is 0 Å². The van der Waals surface area contributed by atoms with Gasteiger partial charge >= 0.3 is 5.97 Å². The van der Waals surface area contributed by atoms with Gasteiger partial charge in [0.2, 0.25) is 0 Å². The van der Waals surface area contributed by atoms with Crippen molar-refractivity contribution in [3.05, 3.63) is 74.8 Å². The Labute approximate surface area is 151 Å². The molecule has 0 aliphatic carbocycles. The van der Waals surface area contributed by atoms with Gasteiger partial charge in [-0.15, -0.1) is 0 Å². The van der Waals surface area contributed by atoms with Gasteiger partial charge in [0.1, 0.15) is 0 Å². The minimum Gasteiger partial charge on any atom is -0.452 e. The van der Waals surface area contributed by atoms with E-state index in [1.807, 2.05) is 31.2 Å². The van der Waals surface area contributed by atoms with Gasteiger partial charge in [-0.25, -0.2) is 4.79 Å². The molecule has 0 aliphatic heterocycles. The summed E-state index contributed by atoms with van der Waals surface area (Å²) >= 11 is 0. The van der Waals surface area contributed by atoms with Gasteiger partial charge in [-0.05, 0) is 43.5 Å². The fourth-order valence-electron chi connectivity index (χ4n) is 2.48. The van der Waals surface area contributed by atoms with Crippen molar-refractivity contribution in [1.82, 2.24) is 5.32 Å². The van der Waals surface area contributed by atoms with Gasteiger partial charge in [-0.1, -0.05) is 24.3 Å². The van der Waals surface area contributed by atoms with Gasteiger partial charge in [0, 0.05) is 18.2 Å². The average molecular weight is 356 g/mol. The van der Waals surface area contributed by atoms with Crippen LogP contribution in [0, 0.1) is 24.0 Å². The molecule has 0 aromatic heterocycles. The lowest BCUT2D eigenvalue weighted by Gasteiger charge is -2.08. The second kappa shape index (κ2) is 8.75. The van der Waals surface area contributed by atoms with Crippen LogP contribution in [0.25, 0.3) is 0 Å². The van der Waals surface area contributed by atoms with Crippen molar-refractivity contribution in [1.29, 1.82) is 0 Å². The number of ether oxygens (including phenoxy) is 1. The summed E-state index contributed by atoms with van der Waals surface area (Å²) in [6.07, 6.45) is 0.688. The number of carbonyl (C=O) groups excluding carboxylic acids is 2. The molecular weight excluding hydrogens is 336 g/mol. The molecule has 0 unspecified atom stereocenters. The van der Waals surface area contributed by atoms with Crippen LogP contribution in [0.4, 0.5) is 5.69 Å². The van der Waals surface area contributed by atoms with E-state index in [0.29, 0.717) is 18.5 Å². The second-order valence-corrected chi connectivity index (χ2v) is 5.86. The molecule has 0 bridgehead atoms. The Kier molecular flexibility index (Phi) is 6.43. The van der Waals surface area contributed by atoms with Crippen LogP contribution < -0.4 is 5.32 Å². The first-order chi connectivity index (χ1) is 12.4. The number of esters is 1. The number of rotatable bonds is 7. The molecule has 0 fully saturated rings. The molecule has 26 heavy (non-hydrogen) atoms. The van der Waals surface area contributed by atoms with Gasteiger partial charge in [-0.3, -0.25) is 14.9 Å². The zero-order chi connectivity index (χ0) is 19.1. The van der Waals surface area contributed by atoms with E-state index in [1.165, 1.54) is 25.1 Å². The zero-order valence-corrected chi connectivity index (χ0v) is 14.7. The molecule has 7 heteroatoms. The second-order valence-electron chi connectivity index (χ2n) is 5.86. The summed E-state index contributed by atoms with van der Waals surface area (Å²) in [4.78, 5) is 34.0. The van der Waals surface area contributed by atoms with Crippen LogP contribution in [0.1, 0.15) is 27.0 Å². The largest absolute Gasteiger partial charge is 0.452 e. The standard InChI is InChI=1S/C19H20N2O5/c1-13-5-3-4-6-15(13)9-10-20-18(22)12-26-19(23)16-7-8-17(21(24)25)14(2)11-16/h3-8,11H,9-10,12H2,1-2H3,(H,20,22). The fraction of sp³-hybridized carbons (Fsp3) is 0.263. The van der Waals surface area contributed by atoms with E-state index in [9.17, 15) is 19.7 Å². The molecule has 0 heterocycles. The Morgan fingerprint density at radius 3 is 2.50 bits per heavy atom. The van der Waals surface area contributed by atoms with Crippen molar-refractivity contribution < 1.29 is 19.2 Å². The zero-order valence-electron chi connectivity index (χ0n) is 14.7. The van der Waals surface area contributed by atoms with Crippen LogP contribution in [-0.2, 0) is 16.0 Å². The predicted molar refractivity (Wildman–Crippen MR) is 96.0 cm³/mol. The smallest absolute Gasteiger partial charge is 0.338 e. The summed E-state index contributed by atoms with van der Waals surface area (Å²) in [6, 6.07) is 11.8. The molecule has 136 valence electrons. The molecule has 0 atom stereocenters. The number of amides is 1. The third-order valence-electron chi connectivity index (χ3n) is 3.94. The van der Waals surface area contributed by atoms with Crippen molar-refractivity contribution in [2.75, 3.05) is 13.2 Å². The molecule has 0 radical (unpaired) electrons. The number of nitrogens with one attached hydrogen (secondary N) is 1. The number of carbonyl (C=O) groups is 2. The predicted octanol–water partition coefficient (Wildman–Crippen LogP) is 2.73. The normalized spacial score (nSPS) is 10.2. The first kappa shape index (κ1) is 19.1. The lowest BCUT2D eigenvalue weighted by molar-refractivity contribution is -0.385. The quantitative estimate of drug-likeness (QED) is 0.467. The van der Waals surface area contributed by atoms with Crippen molar-refractivity contribution in [3.8, 4) is 0 Å². The first-order valence-electron chi connectivity index (χ1n) is 8.12. The van der Waals surface area contributed by atoms with Crippen molar-refractivity contribution in [2.45, 2.75) is 20.3 Å². The molecule has 2 aromatic carbocycles. The number of hydrogen-bond donors (Lipinski definition) is 1. The summed E-state index contributed by atoms with van der Waals surface area (Å²) in [5.41, 5.74) is 2.75. The van der Waals surface area contributed by atoms with E-state index in [-0.39, 0.29) is 11.3 Å². The van der Waals surface area contributed by atoms with E-state index >= 15 is 0 Å². The number of benzene rings is 2. The maximum absolute atomic E-state index is 12.0. The van der Waals surface area contributed by atoms with Crippen LogP contribution in [0.5, 0.6) is 0 Å². The summed E-state index contributed by atoms with van der Waals surface area (Å²) in [5.74, 6) is -1.09. The third kappa shape index (κ3) is 5.14. The maximum atomic E-state index is 12.0. The summed E-state index contributed by atoms with van der Waals surface area (Å²) < 4.78 is 4.95. The summed E-state index contributed by atoms with van der Waals surface area (Å²) in [6.45, 7) is 3.58. The molecular formula is C19H20N2O5. The van der Waals surface area contributed by atoms with E-state index in [1.54, 1.807) is 0 Å². The van der Waals surface area contributed by atoms with Crippen molar-refractivity contribution >= 4 is 17.6 Å². The Morgan fingerprint density at radius 1 is 1.12 bits per heavy atom. The van der Waals surface area contributed by atoms with E-state index < -0.39 is 23.4 Å². The number of aryl methyl sites for hydroxylation is 2. The molecule has 2 rings (SSSR count). The van der Waals surface area contributed by atoms with Gasteiger partial charge in [0.25, 0.3) is 11.6 Å². The highest BCUT2D eigenvalue weighted by molar-refractivity contribution is 5.91. The topological polar surface area (TPSA) is 98.5 Å².